The number of nitrogens with two attached hydrogens (primary N) is 1. The van der Waals surface area contributed by atoms with Crippen LogP contribution in [0.15, 0.2) is 12.1 Å². The van der Waals surface area contributed by atoms with Crippen LogP contribution in [0.3, 0.4) is 0 Å². The molecule has 0 fully saturated rings. The van der Waals surface area contributed by atoms with E-state index < -0.39 is 20.4 Å². The van der Waals surface area contributed by atoms with E-state index in [0.717, 1.165) is 11.3 Å². The molecule has 11 heteroatoms. The average Bonchev–Trinajstić information content (AvgIpc) is 2.37. The van der Waals surface area contributed by atoms with Crippen molar-refractivity contribution in [3.8, 4) is 0 Å². The maximum atomic E-state index is 11.1. The Morgan fingerprint density at radius 1 is 1.30 bits per heavy atom. The van der Waals surface area contributed by atoms with Crippen molar-refractivity contribution in [3.63, 3.8) is 0 Å². The van der Waals surface area contributed by atoms with Crippen LogP contribution < -0.4 is 15.5 Å². The topological polar surface area (TPSA) is 139 Å². The van der Waals surface area contributed by atoms with Gasteiger partial charge in [-0.2, -0.15) is 8.42 Å². The summed E-state index contributed by atoms with van der Waals surface area (Å²) < 4.78 is 59.9. The number of anilines is 2. The number of hydrogen-bond acceptors (Lipinski definition) is 7. The van der Waals surface area contributed by atoms with E-state index in [1.807, 2.05) is 0 Å². The molecule has 0 saturated carbocycles. The van der Waals surface area contributed by atoms with Gasteiger partial charge in [-0.05, 0) is 43.5 Å². The van der Waals surface area contributed by atoms with E-state index in [9.17, 15) is 16.8 Å². The molecule has 0 aromatic heterocycles. The van der Waals surface area contributed by atoms with Gasteiger partial charge in [0.15, 0.2) is 0 Å². The summed E-state index contributed by atoms with van der Waals surface area (Å²) in [6, 6.07) is 3.23. The largest absolute Gasteiger partial charge is 0.418 e. The van der Waals surface area contributed by atoms with Crippen molar-refractivity contribution in [1.29, 1.82) is 0 Å². The van der Waals surface area contributed by atoms with Gasteiger partial charge in [0.05, 0.1) is 11.9 Å². The van der Waals surface area contributed by atoms with Crippen LogP contribution in [0.4, 0.5) is 11.4 Å². The number of nitrogens with one attached hydrogen (secondary N) is 1. The monoisotopic (exact) mass is 367 g/mol. The van der Waals surface area contributed by atoms with Gasteiger partial charge in [-0.25, -0.2) is 18.2 Å². The van der Waals surface area contributed by atoms with Crippen LogP contribution >= 0.6 is 0 Å². The van der Waals surface area contributed by atoms with Gasteiger partial charge in [0.25, 0.3) is 0 Å². The van der Waals surface area contributed by atoms with Crippen molar-refractivity contribution in [3.05, 3.63) is 23.3 Å². The van der Waals surface area contributed by atoms with Gasteiger partial charge in [-0.15, -0.1) is 4.28 Å². The summed E-state index contributed by atoms with van der Waals surface area (Å²) >= 11 is 0. The number of hydroxylamine groups is 1. The van der Waals surface area contributed by atoms with E-state index in [1.165, 1.54) is 0 Å². The minimum absolute atomic E-state index is 0.109. The predicted octanol–water partition coefficient (Wildman–Crippen LogP) is 0.230. The third-order valence-corrected chi connectivity index (χ3v) is 4.06. The lowest BCUT2D eigenvalue weighted by molar-refractivity contribution is 0.245. The summed E-state index contributed by atoms with van der Waals surface area (Å²) in [6.45, 7) is 3.61. The van der Waals surface area contributed by atoms with Crippen molar-refractivity contribution in [2.24, 2.45) is 0 Å². The highest BCUT2D eigenvalue weighted by atomic mass is 32.3. The van der Waals surface area contributed by atoms with Gasteiger partial charge in [-0.1, -0.05) is 0 Å². The molecule has 9 nitrogen and oxygen atoms in total. The van der Waals surface area contributed by atoms with Crippen molar-refractivity contribution in [2.45, 2.75) is 20.3 Å². The van der Waals surface area contributed by atoms with Crippen LogP contribution in [0.1, 0.15) is 18.1 Å². The minimum Gasteiger partial charge on any atom is -0.399 e. The fourth-order valence-corrected chi connectivity index (χ4v) is 2.82. The first-order valence-corrected chi connectivity index (χ1v) is 9.96. The molecular formula is C12H21N3O6S2. The molecule has 4 N–H and O–H groups in total. The van der Waals surface area contributed by atoms with Gasteiger partial charge in [-0.3, -0.25) is 4.55 Å². The molecule has 0 spiro atoms. The summed E-state index contributed by atoms with van der Waals surface area (Å²) in [4.78, 5) is 0. The van der Waals surface area contributed by atoms with Gasteiger partial charge in [0.1, 0.15) is 0 Å². The van der Waals surface area contributed by atoms with E-state index >= 15 is 0 Å². The quantitative estimate of drug-likeness (QED) is 0.337. The van der Waals surface area contributed by atoms with Crippen molar-refractivity contribution in [2.75, 3.05) is 30.1 Å². The molecule has 0 aliphatic heterocycles. The van der Waals surface area contributed by atoms with E-state index in [4.69, 9.17) is 10.3 Å². The first-order valence-electron chi connectivity index (χ1n) is 6.71. The molecule has 0 saturated heterocycles. The Bertz CT molecular complexity index is 761. The standard InChI is InChI=1S/C12H21N3O6S2/c1-4-15(21-23(18,19)20)12-7-9(2)11(13)8-10(12)5-6-14-22(3,16)17/h7-8,14H,4-6,13H2,1-3H3,(H,18,19,20). The number of sulfonamides is 1. The summed E-state index contributed by atoms with van der Waals surface area (Å²) in [5.74, 6) is 0. The lowest BCUT2D eigenvalue weighted by Gasteiger charge is -2.23. The van der Waals surface area contributed by atoms with Crippen LogP contribution in [0.25, 0.3) is 0 Å². The summed E-state index contributed by atoms with van der Waals surface area (Å²) in [5, 5.41) is 0.998. The molecule has 0 heterocycles. The third kappa shape index (κ3) is 6.71. The highest BCUT2D eigenvalue weighted by Gasteiger charge is 2.18. The average molecular weight is 367 g/mol. The SMILES string of the molecule is CCN(OS(=O)(=O)O)c1cc(C)c(N)cc1CCNS(C)(=O)=O. The number of hydrogen-bond donors (Lipinski definition) is 3. The highest BCUT2D eigenvalue weighted by molar-refractivity contribution is 7.88. The van der Waals surface area contributed by atoms with E-state index in [1.54, 1.807) is 26.0 Å². The number of nitrogen functional groups attached to an aromatic ring is 1. The normalized spacial score (nSPS) is 12.3. The Balaban J connectivity index is 3.15. The van der Waals surface area contributed by atoms with Crippen LogP contribution in [0, 0.1) is 6.92 Å². The maximum absolute atomic E-state index is 11.1. The summed E-state index contributed by atoms with van der Waals surface area (Å²) in [7, 11) is -8.03. The Kier molecular flexibility index (Phi) is 6.36. The fourth-order valence-electron chi connectivity index (χ4n) is 1.94. The molecule has 0 amide bonds. The van der Waals surface area contributed by atoms with Crippen LogP contribution in [0.2, 0.25) is 0 Å². The van der Waals surface area contributed by atoms with Gasteiger partial charge < -0.3 is 5.73 Å². The van der Waals surface area contributed by atoms with Crippen LogP contribution in [-0.2, 0) is 31.1 Å². The first kappa shape index (κ1) is 19.6. The fraction of sp³-hybridized carbons (Fsp3) is 0.500. The smallest absolute Gasteiger partial charge is 0.399 e. The molecule has 1 aromatic carbocycles. The number of nitrogens with zero attached hydrogens (tertiary/aromatic N) is 1. The van der Waals surface area contributed by atoms with Crippen molar-refractivity contribution in [1.82, 2.24) is 4.72 Å². The molecule has 1 aromatic rings. The molecule has 0 aliphatic rings. The second kappa shape index (κ2) is 7.45. The first-order chi connectivity index (χ1) is 10.4. The molecule has 23 heavy (non-hydrogen) atoms. The van der Waals surface area contributed by atoms with E-state index in [0.29, 0.717) is 22.5 Å². The van der Waals surface area contributed by atoms with Crippen molar-refractivity contribution < 1.29 is 25.7 Å². The predicted molar refractivity (Wildman–Crippen MR) is 87.8 cm³/mol. The molecule has 0 atom stereocenters. The highest BCUT2D eigenvalue weighted by Crippen LogP contribution is 2.27. The Morgan fingerprint density at radius 2 is 1.91 bits per heavy atom. The molecular weight excluding hydrogens is 346 g/mol. The Labute approximate surface area is 136 Å². The Morgan fingerprint density at radius 3 is 2.39 bits per heavy atom. The molecule has 0 radical (unpaired) electrons. The molecule has 132 valence electrons. The summed E-state index contributed by atoms with van der Waals surface area (Å²) in [6.07, 6.45) is 1.30. The number of aryl methyl sites for hydroxylation is 1. The van der Waals surface area contributed by atoms with E-state index in [2.05, 4.69) is 9.01 Å². The zero-order valence-electron chi connectivity index (χ0n) is 13.1. The minimum atomic E-state index is -4.68. The number of benzene rings is 1. The maximum Gasteiger partial charge on any atom is 0.418 e. The van der Waals surface area contributed by atoms with Gasteiger partial charge in [0, 0.05) is 18.8 Å². The van der Waals surface area contributed by atoms with Gasteiger partial charge >= 0.3 is 10.4 Å². The summed E-state index contributed by atoms with van der Waals surface area (Å²) in [5.41, 5.74) is 7.98. The number of rotatable bonds is 8. The lowest BCUT2D eigenvalue weighted by atomic mass is 10.0. The van der Waals surface area contributed by atoms with E-state index in [-0.39, 0.29) is 19.5 Å². The molecule has 0 bridgehead atoms. The van der Waals surface area contributed by atoms with Crippen molar-refractivity contribution >= 4 is 31.8 Å². The van der Waals surface area contributed by atoms with Gasteiger partial charge in [0.2, 0.25) is 10.0 Å². The second-order valence-corrected chi connectivity index (χ2v) is 7.79. The zero-order valence-corrected chi connectivity index (χ0v) is 14.7. The molecule has 0 aliphatic carbocycles. The lowest BCUT2D eigenvalue weighted by Crippen LogP contribution is -2.29. The van der Waals surface area contributed by atoms with Crippen LogP contribution in [0.5, 0.6) is 0 Å². The third-order valence-electron chi connectivity index (χ3n) is 2.97. The zero-order chi connectivity index (χ0) is 17.8. The molecule has 0 unspecified atom stereocenters. The Hall–Kier alpha value is -1.40. The second-order valence-electron chi connectivity index (χ2n) is 4.95. The van der Waals surface area contributed by atoms with Crippen LogP contribution in [-0.4, -0.2) is 40.7 Å². The molecule has 1 rings (SSSR count).